The largest absolute Gasteiger partial charge is 0.341 e. The van der Waals surface area contributed by atoms with Crippen molar-refractivity contribution < 1.29 is 0 Å². The number of aromatic amines is 1. The molecule has 90 valence electrons. The number of benzene rings is 1. The molecule has 1 aliphatic rings. The Morgan fingerprint density at radius 3 is 2.94 bits per heavy atom. The molecule has 0 spiro atoms. The molecule has 17 heavy (non-hydrogen) atoms. The first-order valence-corrected chi connectivity index (χ1v) is 6.44. The Labute approximate surface area is 102 Å². The van der Waals surface area contributed by atoms with Gasteiger partial charge in [-0.15, -0.1) is 0 Å². The Kier molecular flexibility index (Phi) is 2.63. The summed E-state index contributed by atoms with van der Waals surface area (Å²) in [5.74, 6) is 1.61. The second-order valence-electron chi connectivity index (χ2n) is 5.27. The van der Waals surface area contributed by atoms with Gasteiger partial charge >= 0.3 is 0 Å². The maximum Gasteiger partial charge on any atom is 0.121 e. The monoisotopic (exact) mass is 229 g/mol. The van der Waals surface area contributed by atoms with E-state index in [-0.39, 0.29) is 0 Å². The number of hydrogen-bond acceptors (Lipinski definition) is 2. The molecule has 0 atom stereocenters. The van der Waals surface area contributed by atoms with Crippen LogP contribution in [0.25, 0.3) is 11.0 Å². The summed E-state index contributed by atoms with van der Waals surface area (Å²) in [6, 6.07) is 7.23. The summed E-state index contributed by atoms with van der Waals surface area (Å²) in [7, 11) is 0. The zero-order chi connectivity index (χ0) is 11.8. The molecule has 3 rings (SSSR count). The third kappa shape index (κ3) is 2.34. The van der Waals surface area contributed by atoms with E-state index in [1.54, 1.807) is 0 Å². The Morgan fingerprint density at radius 2 is 2.24 bits per heavy atom. The lowest BCUT2D eigenvalue weighted by Crippen LogP contribution is -2.16. The highest BCUT2D eigenvalue weighted by Crippen LogP contribution is 2.21. The highest BCUT2D eigenvalue weighted by atomic mass is 15.0. The van der Waals surface area contributed by atoms with Crippen LogP contribution >= 0.6 is 0 Å². The van der Waals surface area contributed by atoms with Crippen LogP contribution < -0.4 is 5.32 Å². The Hall–Kier alpha value is -1.35. The highest BCUT2D eigenvalue weighted by molar-refractivity contribution is 5.76. The van der Waals surface area contributed by atoms with E-state index >= 15 is 0 Å². The lowest BCUT2D eigenvalue weighted by Gasteiger charge is -2.03. The van der Waals surface area contributed by atoms with Gasteiger partial charge in [0.2, 0.25) is 0 Å². The predicted molar refractivity (Wildman–Crippen MR) is 70.0 cm³/mol. The van der Waals surface area contributed by atoms with Gasteiger partial charge in [-0.25, -0.2) is 4.98 Å². The summed E-state index contributed by atoms with van der Waals surface area (Å²) in [6.07, 6.45) is 2.63. The smallest absolute Gasteiger partial charge is 0.121 e. The van der Waals surface area contributed by atoms with E-state index in [4.69, 9.17) is 0 Å². The normalized spacial score (nSPS) is 15.9. The first-order chi connectivity index (χ1) is 8.22. The van der Waals surface area contributed by atoms with Crippen molar-refractivity contribution in [3.8, 4) is 0 Å². The molecular weight excluding hydrogens is 210 g/mol. The van der Waals surface area contributed by atoms with Crippen LogP contribution in [-0.4, -0.2) is 16.0 Å². The fourth-order valence-electron chi connectivity index (χ4n) is 2.05. The van der Waals surface area contributed by atoms with Crippen molar-refractivity contribution in [3.05, 3.63) is 29.6 Å². The van der Waals surface area contributed by atoms with Crippen LogP contribution in [0.3, 0.4) is 0 Å². The van der Waals surface area contributed by atoms with Gasteiger partial charge < -0.3 is 10.3 Å². The quantitative estimate of drug-likeness (QED) is 0.846. The maximum atomic E-state index is 4.59. The molecule has 1 aromatic heterocycles. The van der Waals surface area contributed by atoms with Crippen molar-refractivity contribution in [2.75, 3.05) is 0 Å². The summed E-state index contributed by atoms with van der Waals surface area (Å²) >= 11 is 0. The van der Waals surface area contributed by atoms with E-state index in [9.17, 15) is 0 Å². The molecule has 1 fully saturated rings. The fourth-order valence-corrected chi connectivity index (χ4v) is 2.05. The number of fused-ring (bicyclic) bond motifs is 1. The molecule has 0 bridgehead atoms. The lowest BCUT2D eigenvalue weighted by molar-refractivity contribution is 0.665. The topological polar surface area (TPSA) is 40.7 Å². The maximum absolute atomic E-state index is 4.59. The SMILES string of the molecule is CC(C)c1ccc2nc(CNC3CC3)[nH]c2c1. The molecule has 3 nitrogen and oxygen atoms in total. The minimum absolute atomic E-state index is 0.565. The average molecular weight is 229 g/mol. The van der Waals surface area contributed by atoms with E-state index in [1.165, 1.54) is 18.4 Å². The van der Waals surface area contributed by atoms with Crippen molar-refractivity contribution in [1.82, 2.24) is 15.3 Å². The molecule has 0 unspecified atom stereocenters. The molecular formula is C14H19N3. The van der Waals surface area contributed by atoms with E-state index in [1.807, 2.05) is 0 Å². The van der Waals surface area contributed by atoms with Crippen LogP contribution in [0.4, 0.5) is 0 Å². The van der Waals surface area contributed by atoms with E-state index < -0.39 is 0 Å². The van der Waals surface area contributed by atoms with Gasteiger partial charge in [0.15, 0.2) is 0 Å². The van der Waals surface area contributed by atoms with Crippen LogP contribution in [0, 0.1) is 0 Å². The molecule has 1 aliphatic carbocycles. The molecule has 3 heteroatoms. The zero-order valence-corrected chi connectivity index (χ0v) is 10.5. The number of nitrogens with zero attached hydrogens (tertiary/aromatic N) is 1. The summed E-state index contributed by atoms with van der Waals surface area (Å²) in [5, 5.41) is 3.48. The summed E-state index contributed by atoms with van der Waals surface area (Å²) in [6.45, 7) is 5.29. The van der Waals surface area contributed by atoms with Crippen LogP contribution in [0.5, 0.6) is 0 Å². The van der Waals surface area contributed by atoms with Gasteiger partial charge in [0, 0.05) is 6.04 Å². The molecule has 1 heterocycles. The fraction of sp³-hybridized carbons (Fsp3) is 0.500. The van der Waals surface area contributed by atoms with Gasteiger partial charge in [-0.2, -0.15) is 0 Å². The number of hydrogen-bond donors (Lipinski definition) is 2. The molecule has 0 radical (unpaired) electrons. The number of H-pyrrole nitrogens is 1. The van der Waals surface area contributed by atoms with Gasteiger partial charge in [0.25, 0.3) is 0 Å². The summed E-state index contributed by atoms with van der Waals surface area (Å²) in [5.41, 5.74) is 3.59. The lowest BCUT2D eigenvalue weighted by atomic mass is 10.0. The molecule has 0 saturated heterocycles. The van der Waals surface area contributed by atoms with Gasteiger partial charge in [-0.3, -0.25) is 0 Å². The highest BCUT2D eigenvalue weighted by Gasteiger charge is 2.20. The third-order valence-electron chi connectivity index (χ3n) is 3.36. The third-order valence-corrected chi connectivity index (χ3v) is 3.36. The molecule has 0 aliphatic heterocycles. The van der Waals surface area contributed by atoms with Crippen molar-refractivity contribution in [2.45, 2.75) is 45.2 Å². The standard InChI is InChI=1S/C14H19N3/c1-9(2)10-3-6-12-13(7-10)17-14(16-12)8-15-11-4-5-11/h3,6-7,9,11,15H,4-5,8H2,1-2H3,(H,16,17). The van der Waals surface area contributed by atoms with Crippen LogP contribution in [0.15, 0.2) is 18.2 Å². The van der Waals surface area contributed by atoms with E-state index in [2.05, 4.69) is 47.3 Å². The van der Waals surface area contributed by atoms with Crippen molar-refractivity contribution in [3.63, 3.8) is 0 Å². The van der Waals surface area contributed by atoms with E-state index in [0.29, 0.717) is 5.92 Å². The molecule has 1 aromatic carbocycles. The molecule has 0 amide bonds. The van der Waals surface area contributed by atoms with Crippen LogP contribution in [0.1, 0.15) is 44.0 Å². The van der Waals surface area contributed by atoms with Crippen LogP contribution in [0.2, 0.25) is 0 Å². The minimum atomic E-state index is 0.565. The second kappa shape index (κ2) is 4.15. The summed E-state index contributed by atoms with van der Waals surface area (Å²) in [4.78, 5) is 8.00. The van der Waals surface area contributed by atoms with Gasteiger partial charge in [-0.1, -0.05) is 19.9 Å². The predicted octanol–water partition coefficient (Wildman–Crippen LogP) is 2.94. The molecule has 2 N–H and O–H groups in total. The number of aromatic nitrogens is 2. The van der Waals surface area contributed by atoms with Gasteiger partial charge in [0.1, 0.15) is 5.82 Å². The summed E-state index contributed by atoms with van der Waals surface area (Å²) < 4.78 is 0. The van der Waals surface area contributed by atoms with E-state index in [0.717, 1.165) is 29.4 Å². The molecule has 2 aromatic rings. The van der Waals surface area contributed by atoms with Crippen molar-refractivity contribution in [2.24, 2.45) is 0 Å². The first kappa shape index (κ1) is 10.8. The molecule has 1 saturated carbocycles. The zero-order valence-electron chi connectivity index (χ0n) is 10.5. The van der Waals surface area contributed by atoms with Gasteiger partial charge in [0.05, 0.1) is 17.6 Å². The first-order valence-electron chi connectivity index (χ1n) is 6.44. The van der Waals surface area contributed by atoms with Crippen molar-refractivity contribution in [1.29, 1.82) is 0 Å². The Morgan fingerprint density at radius 1 is 1.41 bits per heavy atom. The van der Waals surface area contributed by atoms with Crippen molar-refractivity contribution >= 4 is 11.0 Å². The number of imidazole rings is 1. The van der Waals surface area contributed by atoms with Gasteiger partial charge in [-0.05, 0) is 36.5 Å². The van der Waals surface area contributed by atoms with Crippen LogP contribution in [-0.2, 0) is 6.54 Å². The Bertz CT molecular complexity index is 523. The number of nitrogens with one attached hydrogen (secondary N) is 2. The Balaban J connectivity index is 1.83. The minimum Gasteiger partial charge on any atom is -0.341 e. The second-order valence-corrected chi connectivity index (χ2v) is 5.27. The average Bonchev–Trinajstić information content (AvgIpc) is 3.04. The number of rotatable bonds is 4.